The third kappa shape index (κ3) is 5.20. The Labute approximate surface area is 154 Å². The fourth-order valence-electron chi connectivity index (χ4n) is 2.98. The van der Waals surface area contributed by atoms with Crippen LogP contribution < -0.4 is 10.1 Å². The SMILES string of the molecule is CC(C)Oc1cccc(NC(=O)N2CCN(Cc3ccncc3)CC2)c1. The molecule has 138 valence electrons. The van der Waals surface area contributed by atoms with E-state index in [1.807, 2.05) is 67.5 Å². The molecule has 0 spiro atoms. The summed E-state index contributed by atoms with van der Waals surface area (Å²) in [5, 5.41) is 2.97. The molecule has 26 heavy (non-hydrogen) atoms. The number of urea groups is 1. The lowest BCUT2D eigenvalue weighted by Crippen LogP contribution is -2.49. The molecule has 0 atom stereocenters. The molecule has 0 saturated carbocycles. The topological polar surface area (TPSA) is 57.7 Å². The summed E-state index contributed by atoms with van der Waals surface area (Å²) in [4.78, 5) is 20.8. The second-order valence-corrected chi connectivity index (χ2v) is 6.74. The number of ether oxygens (including phenoxy) is 1. The highest BCUT2D eigenvalue weighted by Gasteiger charge is 2.21. The van der Waals surface area contributed by atoms with E-state index in [0.717, 1.165) is 44.2 Å². The van der Waals surface area contributed by atoms with E-state index < -0.39 is 0 Å². The Hall–Kier alpha value is -2.60. The van der Waals surface area contributed by atoms with E-state index in [2.05, 4.69) is 15.2 Å². The van der Waals surface area contributed by atoms with Crippen molar-refractivity contribution in [2.75, 3.05) is 31.5 Å². The maximum absolute atomic E-state index is 12.5. The van der Waals surface area contributed by atoms with Crippen molar-refractivity contribution in [2.45, 2.75) is 26.5 Å². The van der Waals surface area contributed by atoms with Gasteiger partial charge in [-0.15, -0.1) is 0 Å². The van der Waals surface area contributed by atoms with Crippen LogP contribution in [0.4, 0.5) is 10.5 Å². The monoisotopic (exact) mass is 354 g/mol. The van der Waals surface area contributed by atoms with Gasteiger partial charge < -0.3 is 15.0 Å². The Balaban J connectivity index is 1.49. The summed E-state index contributed by atoms with van der Waals surface area (Å²) in [5.74, 6) is 0.764. The summed E-state index contributed by atoms with van der Waals surface area (Å²) < 4.78 is 5.68. The molecular weight excluding hydrogens is 328 g/mol. The van der Waals surface area contributed by atoms with E-state index in [0.29, 0.717) is 0 Å². The highest BCUT2D eigenvalue weighted by molar-refractivity contribution is 5.89. The number of benzene rings is 1. The molecule has 6 heteroatoms. The van der Waals surface area contributed by atoms with Crippen molar-refractivity contribution in [1.82, 2.24) is 14.8 Å². The summed E-state index contributed by atoms with van der Waals surface area (Å²) in [7, 11) is 0. The summed E-state index contributed by atoms with van der Waals surface area (Å²) in [6.07, 6.45) is 3.74. The molecule has 2 heterocycles. The van der Waals surface area contributed by atoms with Crippen LogP contribution in [0.15, 0.2) is 48.8 Å². The van der Waals surface area contributed by atoms with Crippen molar-refractivity contribution in [3.05, 3.63) is 54.4 Å². The van der Waals surface area contributed by atoms with Crippen LogP contribution in [0.5, 0.6) is 5.75 Å². The Morgan fingerprint density at radius 1 is 1.15 bits per heavy atom. The number of hydrogen-bond donors (Lipinski definition) is 1. The Bertz CT molecular complexity index is 713. The fraction of sp³-hybridized carbons (Fsp3) is 0.400. The van der Waals surface area contributed by atoms with Gasteiger partial charge in [0.1, 0.15) is 5.75 Å². The predicted molar refractivity (Wildman–Crippen MR) is 102 cm³/mol. The Kier molecular flexibility index (Phi) is 6.07. The number of anilines is 1. The van der Waals surface area contributed by atoms with Gasteiger partial charge in [-0.25, -0.2) is 4.79 Å². The number of hydrogen-bond acceptors (Lipinski definition) is 4. The van der Waals surface area contributed by atoms with Gasteiger partial charge >= 0.3 is 6.03 Å². The Morgan fingerprint density at radius 3 is 2.58 bits per heavy atom. The molecule has 0 radical (unpaired) electrons. The lowest BCUT2D eigenvalue weighted by Gasteiger charge is -2.34. The molecule has 1 aliphatic heterocycles. The zero-order valence-corrected chi connectivity index (χ0v) is 15.4. The van der Waals surface area contributed by atoms with Crippen LogP contribution in [0.2, 0.25) is 0 Å². The minimum atomic E-state index is -0.0599. The summed E-state index contributed by atoms with van der Waals surface area (Å²) in [6, 6.07) is 11.5. The van der Waals surface area contributed by atoms with E-state index in [-0.39, 0.29) is 12.1 Å². The first kappa shape index (κ1) is 18.2. The normalized spacial score (nSPS) is 15.1. The van der Waals surface area contributed by atoms with Crippen molar-refractivity contribution in [2.24, 2.45) is 0 Å². The van der Waals surface area contributed by atoms with Crippen LogP contribution >= 0.6 is 0 Å². The van der Waals surface area contributed by atoms with Gasteiger partial charge in [0.05, 0.1) is 6.10 Å². The number of piperazine rings is 1. The molecule has 2 aromatic rings. The molecule has 1 aromatic heterocycles. The number of nitrogens with zero attached hydrogens (tertiary/aromatic N) is 3. The average Bonchev–Trinajstić information content (AvgIpc) is 2.63. The highest BCUT2D eigenvalue weighted by atomic mass is 16.5. The second kappa shape index (κ2) is 8.67. The number of carbonyl (C=O) groups is 1. The van der Waals surface area contributed by atoms with Crippen LogP contribution in [0, 0.1) is 0 Å². The van der Waals surface area contributed by atoms with Crippen LogP contribution in [0.3, 0.4) is 0 Å². The summed E-state index contributed by atoms with van der Waals surface area (Å²) in [6.45, 7) is 8.04. The molecular formula is C20H26N4O2. The van der Waals surface area contributed by atoms with Gasteiger partial charge in [0.15, 0.2) is 0 Å². The molecule has 3 rings (SSSR count). The van der Waals surface area contributed by atoms with Crippen molar-refractivity contribution in [1.29, 1.82) is 0 Å². The van der Waals surface area contributed by atoms with Gasteiger partial charge in [0.25, 0.3) is 0 Å². The fourth-order valence-corrected chi connectivity index (χ4v) is 2.98. The number of carbonyl (C=O) groups excluding carboxylic acids is 1. The first-order valence-corrected chi connectivity index (χ1v) is 9.04. The average molecular weight is 354 g/mol. The first-order valence-electron chi connectivity index (χ1n) is 9.04. The number of amides is 2. The Morgan fingerprint density at radius 2 is 1.88 bits per heavy atom. The minimum absolute atomic E-state index is 0.0599. The van der Waals surface area contributed by atoms with E-state index in [4.69, 9.17) is 4.74 Å². The van der Waals surface area contributed by atoms with E-state index >= 15 is 0 Å². The van der Waals surface area contributed by atoms with E-state index in [1.165, 1.54) is 5.56 Å². The third-order valence-corrected chi connectivity index (χ3v) is 4.27. The zero-order chi connectivity index (χ0) is 18.4. The first-order chi connectivity index (χ1) is 12.6. The summed E-state index contributed by atoms with van der Waals surface area (Å²) >= 11 is 0. The molecule has 2 amide bonds. The van der Waals surface area contributed by atoms with Gasteiger partial charge in [0.2, 0.25) is 0 Å². The van der Waals surface area contributed by atoms with Crippen molar-refractivity contribution >= 4 is 11.7 Å². The van der Waals surface area contributed by atoms with Crippen molar-refractivity contribution < 1.29 is 9.53 Å². The molecule has 0 bridgehead atoms. The molecule has 6 nitrogen and oxygen atoms in total. The van der Waals surface area contributed by atoms with Gasteiger partial charge in [-0.1, -0.05) is 6.07 Å². The number of aromatic nitrogens is 1. The van der Waals surface area contributed by atoms with Crippen molar-refractivity contribution in [3.63, 3.8) is 0 Å². The summed E-state index contributed by atoms with van der Waals surface area (Å²) in [5.41, 5.74) is 2.01. The zero-order valence-electron chi connectivity index (χ0n) is 15.4. The van der Waals surface area contributed by atoms with Crippen LogP contribution in [0.25, 0.3) is 0 Å². The minimum Gasteiger partial charge on any atom is -0.491 e. The van der Waals surface area contributed by atoms with Gasteiger partial charge in [-0.2, -0.15) is 0 Å². The molecule has 1 aromatic carbocycles. The maximum Gasteiger partial charge on any atom is 0.321 e. The number of pyridine rings is 1. The van der Waals surface area contributed by atoms with Gasteiger partial charge in [-0.05, 0) is 43.7 Å². The van der Waals surface area contributed by atoms with Gasteiger partial charge in [0, 0.05) is 56.9 Å². The van der Waals surface area contributed by atoms with E-state index in [9.17, 15) is 4.79 Å². The third-order valence-electron chi connectivity index (χ3n) is 4.27. The molecule has 0 unspecified atom stereocenters. The van der Waals surface area contributed by atoms with Crippen LogP contribution in [-0.2, 0) is 6.54 Å². The van der Waals surface area contributed by atoms with Crippen LogP contribution in [0.1, 0.15) is 19.4 Å². The smallest absolute Gasteiger partial charge is 0.321 e. The maximum atomic E-state index is 12.5. The lowest BCUT2D eigenvalue weighted by molar-refractivity contribution is 0.143. The molecule has 0 aliphatic carbocycles. The second-order valence-electron chi connectivity index (χ2n) is 6.74. The quantitative estimate of drug-likeness (QED) is 0.896. The standard InChI is InChI=1S/C20H26N4O2/c1-16(2)26-19-5-3-4-18(14-19)22-20(25)24-12-10-23(11-13-24)15-17-6-8-21-9-7-17/h3-9,14,16H,10-13,15H2,1-2H3,(H,22,25). The lowest BCUT2D eigenvalue weighted by atomic mass is 10.2. The molecule has 1 aliphatic rings. The van der Waals surface area contributed by atoms with Crippen molar-refractivity contribution in [3.8, 4) is 5.75 Å². The number of nitrogens with one attached hydrogen (secondary N) is 1. The van der Waals surface area contributed by atoms with E-state index in [1.54, 1.807) is 0 Å². The highest BCUT2D eigenvalue weighted by Crippen LogP contribution is 2.19. The van der Waals surface area contributed by atoms with Gasteiger partial charge in [-0.3, -0.25) is 9.88 Å². The number of rotatable bonds is 5. The predicted octanol–water partition coefficient (Wildman–Crippen LogP) is 3.22. The molecule has 1 fully saturated rings. The molecule has 1 saturated heterocycles. The molecule has 1 N–H and O–H groups in total. The largest absolute Gasteiger partial charge is 0.491 e. The van der Waals surface area contributed by atoms with Crippen LogP contribution in [-0.4, -0.2) is 53.1 Å².